The van der Waals surface area contributed by atoms with Gasteiger partial charge >= 0.3 is 0 Å². The molecule has 0 heterocycles. The molecule has 1 N–H and O–H groups in total. The minimum absolute atomic E-state index is 0.328. The molecular formula is C14H17FN2. The van der Waals surface area contributed by atoms with Crippen molar-refractivity contribution < 1.29 is 4.39 Å². The predicted molar refractivity (Wildman–Crippen MR) is 66.2 cm³/mol. The monoisotopic (exact) mass is 232 g/mol. The van der Waals surface area contributed by atoms with E-state index < -0.39 is 0 Å². The molecule has 0 saturated heterocycles. The van der Waals surface area contributed by atoms with Crippen LogP contribution in [0.25, 0.3) is 0 Å². The van der Waals surface area contributed by atoms with Crippen molar-refractivity contribution in [3.8, 4) is 6.07 Å². The lowest BCUT2D eigenvalue weighted by atomic mass is 10.0. The quantitative estimate of drug-likeness (QED) is 0.862. The van der Waals surface area contributed by atoms with Gasteiger partial charge in [0.15, 0.2) is 0 Å². The minimum atomic E-state index is -0.328. The minimum Gasteiger partial charge on any atom is -0.380 e. The number of rotatable bonds is 3. The highest BCUT2D eigenvalue weighted by Crippen LogP contribution is 2.31. The number of hydrogen-bond acceptors (Lipinski definition) is 2. The molecule has 1 saturated carbocycles. The molecule has 0 aromatic heterocycles. The fourth-order valence-electron chi connectivity index (χ4n) is 2.62. The van der Waals surface area contributed by atoms with Gasteiger partial charge in [-0.05, 0) is 37.0 Å². The Morgan fingerprint density at radius 3 is 2.94 bits per heavy atom. The summed E-state index contributed by atoms with van der Waals surface area (Å²) in [7, 11) is 0. The summed E-state index contributed by atoms with van der Waals surface area (Å²) in [5.74, 6) is 0.316. The molecule has 0 spiro atoms. The van der Waals surface area contributed by atoms with Crippen LogP contribution >= 0.6 is 0 Å². The Morgan fingerprint density at radius 2 is 2.29 bits per heavy atom. The number of anilines is 1. The van der Waals surface area contributed by atoms with Crippen molar-refractivity contribution in [1.29, 1.82) is 5.26 Å². The van der Waals surface area contributed by atoms with E-state index in [4.69, 9.17) is 5.26 Å². The van der Waals surface area contributed by atoms with Crippen molar-refractivity contribution in [3.63, 3.8) is 0 Å². The Balaban J connectivity index is 2.11. The summed E-state index contributed by atoms with van der Waals surface area (Å²) >= 11 is 0. The summed E-state index contributed by atoms with van der Waals surface area (Å²) in [5.41, 5.74) is 0.890. The SMILES string of the molecule is CCC1CCCC1Nc1ccc(C#N)cc1F. The fraction of sp³-hybridized carbons (Fsp3) is 0.500. The maximum atomic E-state index is 13.7. The van der Waals surface area contributed by atoms with Crippen LogP contribution in [0.4, 0.5) is 10.1 Å². The lowest BCUT2D eigenvalue weighted by Gasteiger charge is -2.21. The summed E-state index contributed by atoms with van der Waals surface area (Å²) in [6.45, 7) is 2.18. The second kappa shape index (κ2) is 5.18. The van der Waals surface area contributed by atoms with E-state index in [1.165, 1.54) is 18.9 Å². The number of benzene rings is 1. The molecule has 0 amide bonds. The van der Waals surface area contributed by atoms with Crippen LogP contribution in [0.5, 0.6) is 0 Å². The molecule has 0 radical (unpaired) electrons. The van der Waals surface area contributed by atoms with Gasteiger partial charge in [-0.25, -0.2) is 4.39 Å². The highest BCUT2D eigenvalue weighted by Gasteiger charge is 2.26. The van der Waals surface area contributed by atoms with Crippen molar-refractivity contribution in [3.05, 3.63) is 29.6 Å². The Bertz CT molecular complexity index is 436. The molecule has 0 bridgehead atoms. The first-order chi connectivity index (χ1) is 8.24. The van der Waals surface area contributed by atoms with Crippen LogP contribution in [0, 0.1) is 23.1 Å². The molecule has 1 fully saturated rings. The zero-order chi connectivity index (χ0) is 12.3. The first-order valence-corrected chi connectivity index (χ1v) is 6.20. The van der Waals surface area contributed by atoms with Crippen molar-refractivity contribution in [1.82, 2.24) is 0 Å². The number of nitrogens with one attached hydrogen (secondary N) is 1. The van der Waals surface area contributed by atoms with Gasteiger partial charge in [0.2, 0.25) is 0 Å². The van der Waals surface area contributed by atoms with Gasteiger partial charge in [0.05, 0.1) is 17.3 Å². The van der Waals surface area contributed by atoms with E-state index >= 15 is 0 Å². The van der Waals surface area contributed by atoms with Crippen molar-refractivity contribution in [2.45, 2.75) is 38.6 Å². The number of nitrogens with zero attached hydrogens (tertiary/aromatic N) is 1. The van der Waals surface area contributed by atoms with Crippen LogP contribution in [-0.2, 0) is 0 Å². The number of hydrogen-bond donors (Lipinski definition) is 1. The van der Waals surface area contributed by atoms with Gasteiger partial charge in [-0.2, -0.15) is 5.26 Å². The third-order valence-corrected chi connectivity index (χ3v) is 3.62. The van der Waals surface area contributed by atoms with Crippen LogP contribution in [0.3, 0.4) is 0 Å². The highest BCUT2D eigenvalue weighted by molar-refractivity contribution is 5.49. The van der Waals surface area contributed by atoms with E-state index in [2.05, 4.69) is 12.2 Å². The molecular weight excluding hydrogens is 215 g/mol. The average molecular weight is 232 g/mol. The standard InChI is InChI=1S/C14H17FN2/c1-2-11-4-3-5-13(11)17-14-7-6-10(9-16)8-12(14)15/h6-8,11,13,17H,2-5H2,1H3. The van der Waals surface area contributed by atoms with Crippen molar-refractivity contribution >= 4 is 5.69 Å². The maximum Gasteiger partial charge on any atom is 0.147 e. The normalized spacial score (nSPS) is 23.4. The van der Waals surface area contributed by atoms with Gasteiger partial charge in [0.25, 0.3) is 0 Å². The molecule has 3 heteroatoms. The van der Waals surface area contributed by atoms with E-state index in [1.54, 1.807) is 12.1 Å². The summed E-state index contributed by atoms with van der Waals surface area (Å²) in [6.07, 6.45) is 4.69. The zero-order valence-electron chi connectivity index (χ0n) is 10.0. The number of nitriles is 1. The Hall–Kier alpha value is -1.56. The third-order valence-electron chi connectivity index (χ3n) is 3.62. The molecule has 2 unspecified atom stereocenters. The molecule has 90 valence electrons. The molecule has 1 aromatic rings. The first kappa shape index (κ1) is 11.9. The van der Waals surface area contributed by atoms with Gasteiger partial charge < -0.3 is 5.32 Å². The molecule has 1 aliphatic rings. The van der Waals surface area contributed by atoms with Crippen molar-refractivity contribution in [2.75, 3.05) is 5.32 Å². The summed E-state index contributed by atoms with van der Waals surface area (Å²) in [5, 5.41) is 12.0. The molecule has 2 atom stereocenters. The van der Waals surface area contributed by atoms with Gasteiger partial charge in [0.1, 0.15) is 5.82 Å². The summed E-state index contributed by atoms with van der Waals surface area (Å²) in [4.78, 5) is 0. The van der Waals surface area contributed by atoms with E-state index in [-0.39, 0.29) is 5.82 Å². The van der Waals surface area contributed by atoms with E-state index in [9.17, 15) is 4.39 Å². The van der Waals surface area contributed by atoms with Crippen LogP contribution < -0.4 is 5.32 Å². The Morgan fingerprint density at radius 1 is 1.47 bits per heavy atom. The zero-order valence-corrected chi connectivity index (χ0v) is 10.0. The smallest absolute Gasteiger partial charge is 0.147 e. The summed E-state index contributed by atoms with van der Waals surface area (Å²) in [6, 6.07) is 6.93. The molecule has 2 rings (SSSR count). The van der Waals surface area contributed by atoms with Crippen LogP contribution in [-0.4, -0.2) is 6.04 Å². The van der Waals surface area contributed by atoms with E-state index in [0.717, 1.165) is 12.8 Å². The molecule has 2 nitrogen and oxygen atoms in total. The fourth-order valence-corrected chi connectivity index (χ4v) is 2.62. The van der Waals surface area contributed by atoms with Crippen LogP contribution in [0.15, 0.2) is 18.2 Å². The third kappa shape index (κ3) is 2.58. The maximum absolute atomic E-state index is 13.7. The van der Waals surface area contributed by atoms with Crippen LogP contribution in [0.1, 0.15) is 38.2 Å². The molecule has 17 heavy (non-hydrogen) atoms. The van der Waals surface area contributed by atoms with Crippen LogP contribution in [0.2, 0.25) is 0 Å². The first-order valence-electron chi connectivity index (χ1n) is 6.20. The lowest BCUT2D eigenvalue weighted by molar-refractivity contribution is 0.486. The van der Waals surface area contributed by atoms with Gasteiger partial charge in [-0.1, -0.05) is 19.8 Å². The largest absolute Gasteiger partial charge is 0.380 e. The predicted octanol–water partition coefficient (Wildman–Crippen LogP) is 3.69. The van der Waals surface area contributed by atoms with Crippen molar-refractivity contribution in [2.24, 2.45) is 5.92 Å². The highest BCUT2D eigenvalue weighted by atomic mass is 19.1. The van der Waals surface area contributed by atoms with Gasteiger partial charge in [-0.3, -0.25) is 0 Å². The molecule has 1 aliphatic carbocycles. The topological polar surface area (TPSA) is 35.8 Å². The summed E-state index contributed by atoms with van der Waals surface area (Å²) < 4.78 is 13.7. The Labute approximate surface area is 101 Å². The lowest BCUT2D eigenvalue weighted by Crippen LogP contribution is -2.23. The average Bonchev–Trinajstić information content (AvgIpc) is 2.79. The molecule has 1 aromatic carbocycles. The van der Waals surface area contributed by atoms with E-state index in [0.29, 0.717) is 23.2 Å². The molecule has 0 aliphatic heterocycles. The van der Waals surface area contributed by atoms with E-state index in [1.807, 2.05) is 6.07 Å². The number of halogens is 1. The second-order valence-corrected chi connectivity index (χ2v) is 4.66. The Kier molecular flexibility index (Phi) is 3.63. The second-order valence-electron chi connectivity index (χ2n) is 4.66. The van der Waals surface area contributed by atoms with Gasteiger partial charge in [0, 0.05) is 6.04 Å². The van der Waals surface area contributed by atoms with Gasteiger partial charge in [-0.15, -0.1) is 0 Å².